The van der Waals surface area contributed by atoms with Gasteiger partial charge in [0.25, 0.3) is 22.9 Å². The van der Waals surface area contributed by atoms with Crippen LogP contribution < -0.4 is 9.80 Å². The SMILES string of the molecule is O=C1C(=O)N(C(=O)OC(=O)N2C(=O)C(=O)c3cccc([N+](=O)[O-])c32)c2c1cccc2[N+](=O)[O-]. The number of hydrogen-bond acceptors (Lipinski definition) is 11. The highest BCUT2D eigenvalue weighted by molar-refractivity contribution is 6.58. The highest BCUT2D eigenvalue weighted by Gasteiger charge is 2.49. The number of nitro groups is 2. The van der Waals surface area contributed by atoms with Gasteiger partial charge < -0.3 is 4.74 Å². The van der Waals surface area contributed by atoms with Gasteiger partial charge in [0.05, 0.1) is 21.0 Å². The molecule has 0 N–H and O–H groups in total. The van der Waals surface area contributed by atoms with Crippen LogP contribution in [0.3, 0.4) is 0 Å². The average Bonchev–Trinajstić information content (AvgIpc) is 3.18. The van der Waals surface area contributed by atoms with Crippen molar-refractivity contribution in [3.63, 3.8) is 0 Å². The molecular formula is C18H6N4O11. The molecule has 15 nitrogen and oxygen atoms in total. The lowest BCUT2D eigenvalue weighted by Crippen LogP contribution is -2.43. The van der Waals surface area contributed by atoms with Crippen LogP contribution in [0.15, 0.2) is 36.4 Å². The predicted molar refractivity (Wildman–Crippen MR) is 102 cm³/mol. The molecule has 4 amide bonds. The Labute approximate surface area is 180 Å². The highest BCUT2D eigenvalue weighted by Crippen LogP contribution is 2.40. The van der Waals surface area contributed by atoms with Crippen LogP contribution in [0, 0.1) is 20.2 Å². The summed E-state index contributed by atoms with van der Waals surface area (Å²) in [6.07, 6.45) is -3.81. The van der Waals surface area contributed by atoms with Crippen molar-refractivity contribution in [3.05, 3.63) is 67.8 Å². The zero-order valence-electron chi connectivity index (χ0n) is 15.7. The average molecular weight is 454 g/mol. The van der Waals surface area contributed by atoms with Gasteiger partial charge in [-0.05, 0) is 12.1 Å². The lowest BCUT2D eigenvalue weighted by atomic mass is 10.1. The Morgan fingerprint density at radius 2 is 1.06 bits per heavy atom. The first kappa shape index (κ1) is 20.9. The van der Waals surface area contributed by atoms with E-state index < -0.39 is 79.3 Å². The van der Waals surface area contributed by atoms with Gasteiger partial charge in [0.2, 0.25) is 0 Å². The van der Waals surface area contributed by atoms with Gasteiger partial charge in [0.1, 0.15) is 11.4 Å². The molecule has 0 aliphatic carbocycles. The van der Waals surface area contributed by atoms with Crippen molar-refractivity contribution in [3.8, 4) is 0 Å². The molecule has 0 saturated heterocycles. The molecule has 0 unspecified atom stereocenters. The van der Waals surface area contributed by atoms with Gasteiger partial charge in [-0.3, -0.25) is 39.4 Å². The fourth-order valence-corrected chi connectivity index (χ4v) is 3.34. The summed E-state index contributed by atoms with van der Waals surface area (Å²) in [7, 11) is 0. The van der Waals surface area contributed by atoms with Gasteiger partial charge in [0.15, 0.2) is 0 Å². The van der Waals surface area contributed by atoms with Crippen LogP contribution in [-0.4, -0.2) is 45.4 Å². The van der Waals surface area contributed by atoms with E-state index in [1.165, 1.54) is 0 Å². The number of Topliss-reactive ketones (excluding diaryl/α,β-unsaturated/α-hetero) is 2. The van der Waals surface area contributed by atoms with E-state index in [9.17, 15) is 49.0 Å². The zero-order chi connectivity index (χ0) is 24.2. The van der Waals surface area contributed by atoms with E-state index in [0.29, 0.717) is 0 Å². The number of amides is 4. The molecule has 0 fully saturated rings. The van der Waals surface area contributed by atoms with Crippen LogP contribution in [0.5, 0.6) is 0 Å². The number of benzene rings is 2. The second kappa shape index (κ2) is 7.12. The molecule has 0 atom stereocenters. The summed E-state index contributed by atoms with van der Waals surface area (Å²) in [5.74, 6) is -5.75. The van der Waals surface area contributed by atoms with E-state index >= 15 is 0 Å². The van der Waals surface area contributed by atoms with E-state index in [0.717, 1.165) is 36.4 Å². The number of hydrogen-bond donors (Lipinski definition) is 0. The fraction of sp³-hybridized carbons (Fsp3) is 0. The summed E-state index contributed by atoms with van der Waals surface area (Å²) in [4.78, 5) is 94.3. The number of carbonyl (C=O) groups excluding carboxylic acids is 6. The molecule has 2 aromatic rings. The molecule has 0 radical (unpaired) electrons. The van der Waals surface area contributed by atoms with Crippen LogP contribution in [-0.2, 0) is 14.3 Å². The maximum absolute atomic E-state index is 12.6. The van der Waals surface area contributed by atoms with Crippen molar-refractivity contribution in [2.75, 3.05) is 9.80 Å². The Morgan fingerprint density at radius 1 is 0.697 bits per heavy atom. The molecule has 33 heavy (non-hydrogen) atoms. The molecule has 164 valence electrons. The summed E-state index contributed by atoms with van der Waals surface area (Å²) < 4.78 is 4.42. The molecule has 0 saturated carbocycles. The number of rotatable bonds is 2. The minimum atomic E-state index is -1.90. The van der Waals surface area contributed by atoms with Crippen molar-refractivity contribution in [1.82, 2.24) is 0 Å². The number of ketones is 2. The summed E-state index contributed by atoms with van der Waals surface area (Å²) in [5.41, 5.74) is -4.19. The number of fused-ring (bicyclic) bond motifs is 2. The van der Waals surface area contributed by atoms with Crippen LogP contribution in [0.4, 0.5) is 32.3 Å². The first-order chi connectivity index (χ1) is 15.6. The Bertz CT molecular complexity index is 1280. The van der Waals surface area contributed by atoms with Crippen molar-refractivity contribution >= 4 is 58.3 Å². The van der Waals surface area contributed by atoms with Crippen molar-refractivity contribution < 1.29 is 43.4 Å². The van der Waals surface area contributed by atoms with Crippen LogP contribution in [0.1, 0.15) is 20.7 Å². The number of ether oxygens (including phenoxy) is 1. The highest BCUT2D eigenvalue weighted by atomic mass is 16.6. The molecule has 2 aromatic carbocycles. The molecular weight excluding hydrogens is 448 g/mol. The van der Waals surface area contributed by atoms with E-state index in [1.54, 1.807) is 0 Å². The standard InChI is InChI=1S/C18H6N4O11/c23-13-7-3-1-5-9(21(29)30)11(7)19(15(13)25)17(27)33-18(28)20-12-8(14(24)16(20)26)4-2-6-10(12)22(31)32/h1-6H. The third-order valence-electron chi connectivity index (χ3n) is 4.69. The van der Waals surface area contributed by atoms with Gasteiger partial charge in [-0.1, -0.05) is 12.1 Å². The number of nitro benzene ring substituents is 2. The third-order valence-corrected chi connectivity index (χ3v) is 4.69. The number of para-hydroxylation sites is 2. The Morgan fingerprint density at radius 3 is 1.39 bits per heavy atom. The maximum atomic E-state index is 12.6. The van der Waals surface area contributed by atoms with E-state index in [-0.39, 0.29) is 9.80 Å². The number of nitrogens with zero attached hydrogens (tertiary/aromatic N) is 4. The van der Waals surface area contributed by atoms with E-state index in [2.05, 4.69) is 4.74 Å². The molecule has 2 aliphatic rings. The first-order valence-electron chi connectivity index (χ1n) is 8.64. The Hall–Kier alpha value is -5.34. The van der Waals surface area contributed by atoms with Crippen molar-refractivity contribution in [2.45, 2.75) is 0 Å². The molecule has 2 aliphatic heterocycles. The van der Waals surface area contributed by atoms with Gasteiger partial charge >= 0.3 is 24.0 Å². The minimum Gasteiger partial charge on any atom is -0.358 e. The molecule has 4 rings (SSSR count). The van der Waals surface area contributed by atoms with Crippen molar-refractivity contribution in [1.29, 1.82) is 0 Å². The second-order valence-corrected chi connectivity index (χ2v) is 6.43. The summed E-state index contributed by atoms with van der Waals surface area (Å²) >= 11 is 0. The summed E-state index contributed by atoms with van der Waals surface area (Å²) in [5, 5.41) is 22.5. The van der Waals surface area contributed by atoms with Crippen LogP contribution >= 0.6 is 0 Å². The fourth-order valence-electron chi connectivity index (χ4n) is 3.34. The van der Waals surface area contributed by atoms with Gasteiger partial charge in [-0.25, -0.2) is 9.59 Å². The van der Waals surface area contributed by atoms with Crippen LogP contribution in [0.25, 0.3) is 0 Å². The molecule has 0 spiro atoms. The lowest BCUT2D eigenvalue weighted by molar-refractivity contribution is -0.384. The van der Waals surface area contributed by atoms with Gasteiger partial charge in [0, 0.05) is 12.1 Å². The van der Waals surface area contributed by atoms with Crippen molar-refractivity contribution in [2.24, 2.45) is 0 Å². The predicted octanol–water partition coefficient (Wildman–Crippen LogP) is 1.52. The van der Waals surface area contributed by atoms with Gasteiger partial charge in [-0.2, -0.15) is 9.80 Å². The molecule has 15 heteroatoms. The molecule has 0 aromatic heterocycles. The first-order valence-corrected chi connectivity index (χ1v) is 8.64. The lowest BCUT2D eigenvalue weighted by Gasteiger charge is -2.17. The Balaban J connectivity index is 1.72. The van der Waals surface area contributed by atoms with Gasteiger partial charge in [-0.15, -0.1) is 0 Å². The summed E-state index contributed by atoms with van der Waals surface area (Å²) in [6.45, 7) is 0. The topological polar surface area (TPSA) is 204 Å². The number of carbonyl (C=O) groups is 6. The zero-order valence-corrected chi connectivity index (χ0v) is 15.7. The minimum absolute atomic E-state index is 0.0730. The smallest absolute Gasteiger partial charge is 0.358 e. The monoisotopic (exact) mass is 454 g/mol. The Kier molecular flexibility index (Phi) is 4.51. The number of imide groups is 2. The van der Waals surface area contributed by atoms with E-state index in [4.69, 9.17) is 0 Å². The largest absolute Gasteiger partial charge is 0.430 e. The molecule has 0 bridgehead atoms. The van der Waals surface area contributed by atoms with E-state index in [1.807, 2.05) is 0 Å². The summed E-state index contributed by atoms with van der Waals surface area (Å²) in [6, 6.07) is 6.00. The normalized spacial score (nSPS) is 14.3. The number of anilines is 2. The second-order valence-electron chi connectivity index (χ2n) is 6.43. The maximum Gasteiger partial charge on any atom is 0.430 e. The third kappa shape index (κ3) is 2.91. The molecule has 2 heterocycles. The quantitative estimate of drug-likeness (QED) is 0.275. The van der Waals surface area contributed by atoms with Crippen LogP contribution in [0.2, 0.25) is 0 Å².